The predicted octanol–water partition coefficient (Wildman–Crippen LogP) is 2.31. The van der Waals surface area contributed by atoms with Gasteiger partial charge in [-0.1, -0.05) is 6.07 Å². The van der Waals surface area contributed by atoms with Gasteiger partial charge in [0.25, 0.3) is 0 Å². The average Bonchev–Trinajstić information content (AvgIpc) is 2.18. The van der Waals surface area contributed by atoms with E-state index in [9.17, 15) is 18.0 Å². The van der Waals surface area contributed by atoms with E-state index in [0.29, 0.717) is 0 Å². The lowest BCUT2D eigenvalue weighted by molar-refractivity contribution is -0.138. The van der Waals surface area contributed by atoms with Gasteiger partial charge in [-0.3, -0.25) is 0 Å². The lowest BCUT2D eigenvalue weighted by atomic mass is 10.1. The van der Waals surface area contributed by atoms with Crippen LogP contribution in [0, 0.1) is 3.57 Å². The highest BCUT2D eigenvalue weighted by atomic mass is 127. The Labute approximate surface area is 108 Å². The molecule has 2 amide bonds. The number of amides is 2. The minimum Gasteiger partial charge on any atom is -0.350 e. The number of hydrazone groups is 1. The number of primary amides is 1. The van der Waals surface area contributed by atoms with Gasteiger partial charge in [0.1, 0.15) is 0 Å². The smallest absolute Gasteiger partial charge is 0.350 e. The van der Waals surface area contributed by atoms with Crippen molar-refractivity contribution in [1.82, 2.24) is 5.43 Å². The van der Waals surface area contributed by atoms with E-state index >= 15 is 0 Å². The van der Waals surface area contributed by atoms with Crippen molar-refractivity contribution in [1.29, 1.82) is 0 Å². The maximum atomic E-state index is 12.5. The highest BCUT2D eigenvalue weighted by molar-refractivity contribution is 14.1. The molecule has 0 fully saturated rings. The second-order valence-corrected chi connectivity index (χ2v) is 4.13. The summed E-state index contributed by atoms with van der Waals surface area (Å²) < 4.78 is 37.7. The van der Waals surface area contributed by atoms with Crippen molar-refractivity contribution in [2.75, 3.05) is 0 Å². The Hall–Kier alpha value is -1.32. The van der Waals surface area contributed by atoms with Crippen molar-refractivity contribution in [3.8, 4) is 0 Å². The minimum absolute atomic E-state index is 0.0927. The standard InChI is InChI=1S/C9H7F3IN3O/c10-9(11,12)6-3-5(1-2-7(6)13)4-15-16-8(14)17/h1-4H,(H3,14,16,17). The number of carbonyl (C=O) groups is 1. The molecule has 0 bridgehead atoms. The third kappa shape index (κ3) is 4.21. The van der Waals surface area contributed by atoms with Crippen molar-refractivity contribution in [2.24, 2.45) is 10.8 Å². The molecule has 0 aromatic heterocycles. The van der Waals surface area contributed by atoms with Crippen LogP contribution in [-0.2, 0) is 6.18 Å². The molecule has 92 valence electrons. The first-order chi connectivity index (χ1) is 7.80. The summed E-state index contributed by atoms with van der Waals surface area (Å²) >= 11 is 1.60. The largest absolute Gasteiger partial charge is 0.417 e. The van der Waals surface area contributed by atoms with Crippen LogP contribution < -0.4 is 11.2 Å². The van der Waals surface area contributed by atoms with Gasteiger partial charge >= 0.3 is 12.2 Å². The first-order valence-corrected chi connectivity index (χ1v) is 5.34. The third-order valence-corrected chi connectivity index (χ3v) is 2.62. The van der Waals surface area contributed by atoms with Crippen molar-refractivity contribution < 1.29 is 18.0 Å². The molecule has 0 atom stereocenters. The summed E-state index contributed by atoms with van der Waals surface area (Å²) in [4.78, 5) is 10.3. The molecule has 4 nitrogen and oxygen atoms in total. The minimum atomic E-state index is -4.42. The fraction of sp³-hybridized carbons (Fsp3) is 0.111. The number of nitrogens with zero attached hydrogens (tertiary/aromatic N) is 1. The summed E-state index contributed by atoms with van der Waals surface area (Å²) in [6, 6.07) is 2.81. The number of hydrogen-bond acceptors (Lipinski definition) is 2. The summed E-state index contributed by atoms with van der Waals surface area (Å²) in [6.45, 7) is 0. The zero-order valence-corrected chi connectivity index (χ0v) is 10.4. The second kappa shape index (κ2) is 5.34. The molecule has 0 saturated heterocycles. The van der Waals surface area contributed by atoms with Gasteiger partial charge in [0, 0.05) is 3.57 Å². The van der Waals surface area contributed by atoms with Crippen LogP contribution in [0.15, 0.2) is 23.3 Å². The van der Waals surface area contributed by atoms with Crippen LogP contribution in [-0.4, -0.2) is 12.2 Å². The molecule has 0 spiro atoms. The molecule has 17 heavy (non-hydrogen) atoms. The van der Waals surface area contributed by atoms with Gasteiger partial charge in [-0.05, 0) is 40.3 Å². The summed E-state index contributed by atoms with van der Waals surface area (Å²) in [6.07, 6.45) is -3.34. The molecule has 0 aliphatic carbocycles. The lowest BCUT2D eigenvalue weighted by Gasteiger charge is -2.09. The number of benzene rings is 1. The summed E-state index contributed by atoms with van der Waals surface area (Å²) in [5.41, 5.74) is 6.09. The zero-order chi connectivity index (χ0) is 13.1. The molecule has 0 aliphatic rings. The van der Waals surface area contributed by atoms with E-state index in [2.05, 4.69) is 5.10 Å². The molecule has 0 heterocycles. The fourth-order valence-electron chi connectivity index (χ4n) is 1.01. The molecule has 3 N–H and O–H groups in total. The maximum absolute atomic E-state index is 12.5. The molecule has 8 heteroatoms. The maximum Gasteiger partial charge on any atom is 0.417 e. The van der Waals surface area contributed by atoms with Crippen LogP contribution in [0.25, 0.3) is 0 Å². The molecular formula is C9H7F3IN3O. The Morgan fingerprint density at radius 3 is 2.65 bits per heavy atom. The quantitative estimate of drug-likeness (QED) is 0.476. The molecule has 0 aliphatic heterocycles. The van der Waals surface area contributed by atoms with Gasteiger partial charge in [-0.2, -0.15) is 18.3 Å². The van der Waals surface area contributed by atoms with E-state index in [0.717, 1.165) is 12.3 Å². The van der Waals surface area contributed by atoms with Crippen molar-refractivity contribution in [3.63, 3.8) is 0 Å². The van der Waals surface area contributed by atoms with Crippen LogP contribution >= 0.6 is 22.6 Å². The molecule has 0 unspecified atom stereocenters. The SMILES string of the molecule is NC(=O)NN=Cc1ccc(I)c(C(F)(F)F)c1. The van der Waals surface area contributed by atoms with Crippen molar-refractivity contribution in [3.05, 3.63) is 32.9 Å². The lowest BCUT2D eigenvalue weighted by Crippen LogP contribution is -2.24. The number of nitrogens with two attached hydrogens (primary N) is 1. The Morgan fingerprint density at radius 1 is 1.47 bits per heavy atom. The van der Waals surface area contributed by atoms with E-state index in [1.807, 2.05) is 5.43 Å². The number of urea groups is 1. The fourth-order valence-corrected chi connectivity index (χ4v) is 1.65. The first kappa shape index (κ1) is 13.7. The van der Waals surface area contributed by atoms with Gasteiger partial charge in [0.15, 0.2) is 0 Å². The third-order valence-electron chi connectivity index (χ3n) is 1.68. The molecule has 1 aromatic rings. The van der Waals surface area contributed by atoms with E-state index in [1.54, 1.807) is 22.6 Å². The van der Waals surface area contributed by atoms with E-state index in [-0.39, 0.29) is 9.13 Å². The number of halogens is 4. The van der Waals surface area contributed by atoms with Crippen LogP contribution in [0.5, 0.6) is 0 Å². The Kier molecular flexibility index (Phi) is 4.32. The number of nitrogens with one attached hydrogen (secondary N) is 1. The van der Waals surface area contributed by atoms with Crippen LogP contribution in [0.2, 0.25) is 0 Å². The Morgan fingerprint density at radius 2 is 2.12 bits per heavy atom. The van der Waals surface area contributed by atoms with Crippen molar-refractivity contribution in [2.45, 2.75) is 6.18 Å². The topological polar surface area (TPSA) is 67.5 Å². The molecule has 0 radical (unpaired) electrons. The van der Waals surface area contributed by atoms with Crippen LogP contribution in [0.4, 0.5) is 18.0 Å². The molecule has 1 rings (SSSR count). The normalized spacial score (nSPS) is 11.8. The molecule has 0 saturated carbocycles. The van der Waals surface area contributed by atoms with Crippen LogP contribution in [0.1, 0.15) is 11.1 Å². The summed E-state index contributed by atoms with van der Waals surface area (Å²) in [5, 5.41) is 3.37. The van der Waals surface area contributed by atoms with E-state index < -0.39 is 17.8 Å². The van der Waals surface area contributed by atoms with Crippen LogP contribution in [0.3, 0.4) is 0 Å². The van der Waals surface area contributed by atoms with Gasteiger partial charge < -0.3 is 5.73 Å². The predicted molar refractivity (Wildman–Crippen MR) is 64.5 cm³/mol. The number of carbonyl (C=O) groups excluding carboxylic acids is 1. The second-order valence-electron chi connectivity index (χ2n) is 2.97. The van der Waals surface area contributed by atoms with Gasteiger partial charge in [-0.15, -0.1) is 0 Å². The summed E-state index contributed by atoms with van der Waals surface area (Å²) in [5.74, 6) is 0. The van der Waals surface area contributed by atoms with E-state index in [1.165, 1.54) is 12.1 Å². The number of rotatable bonds is 2. The highest BCUT2D eigenvalue weighted by Gasteiger charge is 2.32. The van der Waals surface area contributed by atoms with Gasteiger partial charge in [0.05, 0.1) is 11.8 Å². The molecular weight excluding hydrogens is 350 g/mol. The van der Waals surface area contributed by atoms with Gasteiger partial charge in [-0.25, -0.2) is 10.2 Å². The average molecular weight is 357 g/mol. The number of hydrogen-bond donors (Lipinski definition) is 2. The first-order valence-electron chi connectivity index (χ1n) is 4.26. The monoisotopic (exact) mass is 357 g/mol. The Bertz CT molecular complexity index is 459. The van der Waals surface area contributed by atoms with Gasteiger partial charge in [0.2, 0.25) is 0 Å². The molecule has 1 aromatic carbocycles. The number of alkyl halides is 3. The van der Waals surface area contributed by atoms with Crippen molar-refractivity contribution >= 4 is 34.8 Å². The Balaban J connectivity index is 2.97. The zero-order valence-electron chi connectivity index (χ0n) is 8.25. The highest BCUT2D eigenvalue weighted by Crippen LogP contribution is 2.33. The van der Waals surface area contributed by atoms with E-state index in [4.69, 9.17) is 5.73 Å². The summed E-state index contributed by atoms with van der Waals surface area (Å²) in [7, 11) is 0.